The van der Waals surface area contributed by atoms with Gasteiger partial charge in [-0.1, -0.05) is 36.4 Å². The smallest absolute Gasteiger partial charge is 0.254 e. The second-order valence-electron chi connectivity index (χ2n) is 10.2. The zero-order valence-electron chi connectivity index (χ0n) is 22.9. The topological polar surface area (TPSA) is 121 Å². The van der Waals surface area contributed by atoms with Gasteiger partial charge in [0.25, 0.3) is 11.8 Å². The number of pyridine rings is 1. The van der Waals surface area contributed by atoms with Crippen LogP contribution in [0.15, 0.2) is 85.2 Å². The van der Waals surface area contributed by atoms with E-state index in [1.165, 1.54) is 12.1 Å². The van der Waals surface area contributed by atoms with Gasteiger partial charge in [0.1, 0.15) is 17.6 Å². The van der Waals surface area contributed by atoms with E-state index in [4.69, 9.17) is 4.74 Å². The molecule has 0 aliphatic carbocycles. The summed E-state index contributed by atoms with van der Waals surface area (Å²) in [4.78, 5) is 38.7. The van der Waals surface area contributed by atoms with Gasteiger partial charge in [0, 0.05) is 41.5 Å². The molecule has 0 radical (unpaired) electrons. The van der Waals surface area contributed by atoms with Gasteiger partial charge in [-0.25, -0.2) is 9.37 Å². The van der Waals surface area contributed by atoms with Crippen LogP contribution in [0.3, 0.4) is 0 Å². The van der Waals surface area contributed by atoms with Crippen molar-refractivity contribution in [3.05, 3.63) is 102 Å². The molecule has 0 spiro atoms. The molecule has 42 heavy (non-hydrogen) atoms. The number of amides is 2. The summed E-state index contributed by atoms with van der Waals surface area (Å²) in [6.07, 6.45) is 2.83. The fourth-order valence-corrected chi connectivity index (χ4v) is 4.87. The van der Waals surface area contributed by atoms with E-state index in [2.05, 4.69) is 30.9 Å². The molecule has 2 aromatic heterocycles. The lowest BCUT2D eigenvalue weighted by molar-refractivity contribution is -0.128. The highest BCUT2D eigenvalue weighted by atomic mass is 19.1. The maximum Gasteiger partial charge on any atom is 0.254 e. The highest BCUT2D eigenvalue weighted by Crippen LogP contribution is 2.28. The van der Waals surface area contributed by atoms with Gasteiger partial charge < -0.3 is 25.7 Å². The number of morpholine rings is 1. The summed E-state index contributed by atoms with van der Waals surface area (Å²) in [7, 11) is 0. The Morgan fingerprint density at radius 1 is 1.00 bits per heavy atom. The minimum atomic E-state index is -0.643. The number of H-pyrrole nitrogens is 1. The molecule has 212 valence electrons. The molecule has 1 saturated heterocycles. The number of imidazole rings is 1. The van der Waals surface area contributed by atoms with E-state index >= 15 is 0 Å². The zero-order chi connectivity index (χ0) is 29.1. The number of nitrogens with one attached hydrogen (secondary N) is 4. The SMILES string of the molecule is C[C@@H](NC(=O)c1cc(NC(=O)C2CNCCO2)cc(-c2cnc(-c3cc4ccccc4cn3)[nH]2)c1)c1ccc(F)cc1. The third kappa shape index (κ3) is 6.04. The average Bonchev–Trinajstić information content (AvgIpc) is 3.52. The van der Waals surface area contributed by atoms with Crippen molar-refractivity contribution in [2.45, 2.75) is 19.1 Å². The number of aromatic nitrogens is 3. The summed E-state index contributed by atoms with van der Waals surface area (Å²) in [6.45, 7) is 3.34. The number of rotatable bonds is 7. The number of carbonyl (C=O) groups is 2. The first-order valence-electron chi connectivity index (χ1n) is 13.7. The van der Waals surface area contributed by atoms with Crippen LogP contribution in [0.5, 0.6) is 0 Å². The summed E-state index contributed by atoms with van der Waals surface area (Å²) in [5, 5.41) is 11.1. The van der Waals surface area contributed by atoms with Crippen molar-refractivity contribution in [3.63, 3.8) is 0 Å². The molecule has 3 aromatic carbocycles. The van der Waals surface area contributed by atoms with Gasteiger partial charge in [0.05, 0.1) is 24.5 Å². The van der Waals surface area contributed by atoms with Gasteiger partial charge in [0.2, 0.25) is 0 Å². The van der Waals surface area contributed by atoms with E-state index in [-0.39, 0.29) is 23.7 Å². The number of fused-ring (bicyclic) bond motifs is 1. The largest absolute Gasteiger partial charge is 0.366 e. The van der Waals surface area contributed by atoms with Crippen LogP contribution in [0.2, 0.25) is 0 Å². The van der Waals surface area contributed by atoms with Gasteiger partial charge in [-0.15, -0.1) is 0 Å². The zero-order valence-corrected chi connectivity index (χ0v) is 22.9. The molecule has 1 unspecified atom stereocenters. The average molecular weight is 565 g/mol. The van der Waals surface area contributed by atoms with Crippen LogP contribution >= 0.6 is 0 Å². The predicted molar refractivity (Wildman–Crippen MR) is 158 cm³/mol. The van der Waals surface area contributed by atoms with E-state index in [0.717, 1.165) is 16.3 Å². The molecule has 3 heterocycles. The van der Waals surface area contributed by atoms with Crippen LogP contribution < -0.4 is 16.0 Å². The first-order chi connectivity index (χ1) is 20.4. The third-order valence-corrected chi connectivity index (χ3v) is 7.16. The van der Waals surface area contributed by atoms with Gasteiger partial charge in [-0.05, 0) is 54.3 Å². The number of carbonyl (C=O) groups excluding carboxylic acids is 2. The van der Waals surface area contributed by atoms with Crippen molar-refractivity contribution >= 4 is 28.3 Å². The third-order valence-electron chi connectivity index (χ3n) is 7.16. The van der Waals surface area contributed by atoms with Crippen LogP contribution in [0.1, 0.15) is 28.9 Å². The van der Waals surface area contributed by atoms with E-state index in [1.807, 2.05) is 37.3 Å². The van der Waals surface area contributed by atoms with Gasteiger partial charge in [-0.2, -0.15) is 0 Å². The fourth-order valence-electron chi connectivity index (χ4n) is 4.87. The molecule has 1 aliphatic rings. The molecule has 1 aliphatic heterocycles. The number of anilines is 1. The van der Waals surface area contributed by atoms with Crippen molar-refractivity contribution in [2.75, 3.05) is 25.0 Å². The van der Waals surface area contributed by atoms with E-state index in [1.54, 1.807) is 42.7 Å². The summed E-state index contributed by atoms with van der Waals surface area (Å²) in [6, 6.07) is 20.6. The summed E-state index contributed by atoms with van der Waals surface area (Å²) < 4.78 is 19.0. The molecule has 4 N–H and O–H groups in total. The van der Waals surface area contributed by atoms with Crippen LogP contribution in [-0.4, -0.2) is 52.6 Å². The molecule has 2 amide bonds. The number of ether oxygens (including phenoxy) is 1. The minimum absolute atomic E-state index is 0.309. The van der Waals surface area contributed by atoms with E-state index < -0.39 is 6.10 Å². The van der Waals surface area contributed by atoms with E-state index in [0.29, 0.717) is 53.7 Å². The van der Waals surface area contributed by atoms with Crippen molar-refractivity contribution in [3.8, 4) is 22.8 Å². The lowest BCUT2D eigenvalue weighted by atomic mass is 10.0. The summed E-state index contributed by atoms with van der Waals surface area (Å²) in [5.41, 5.74) is 3.50. The monoisotopic (exact) mass is 564 g/mol. The lowest BCUT2D eigenvalue weighted by Crippen LogP contribution is -2.45. The molecule has 10 heteroatoms. The quantitative estimate of drug-likeness (QED) is 0.224. The van der Waals surface area contributed by atoms with Crippen molar-refractivity contribution in [1.82, 2.24) is 25.6 Å². The Kier molecular flexibility index (Phi) is 7.72. The van der Waals surface area contributed by atoms with Crippen molar-refractivity contribution in [1.29, 1.82) is 0 Å². The number of nitrogens with zero attached hydrogens (tertiary/aromatic N) is 2. The predicted octanol–water partition coefficient (Wildman–Crippen LogP) is 4.85. The Hall–Kier alpha value is -4.93. The molecule has 1 fully saturated rings. The van der Waals surface area contributed by atoms with Crippen LogP contribution in [0, 0.1) is 5.82 Å². The van der Waals surface area contributed by atoms with Crippen molar-refractivity contribution in [2.24, 2.45) is 0 Å². The first-order valence-corrected chi connectivity index (χ1v) is 13.7. The minimum Gasteiger partial charge on any atom is -0.366 e. The fraction of sp³-hybridized carbons (Fsp3) is 0.188. The Balaban J connectivity index is 1.30. The molecule has 0 saturated carbocycles. The highest BCUT2D eigenvalue weighted by molar-refractivity contribution is 6.00. The maximum atomic E-state index is 13.4. The standard InChI is InChI=1S/C32H29FN6O3/c1-19(20-6-8-25(33)9-7-20)37-31(40)24-12-23(13-26(14-24)38-32(41)29-18-34-10-11-42-29)28-17-36-30(39-28)27-15-21-4-2-3-5-22(21)16-35-27/h2-9,12-17,19,29,34H,10-11,18H2,1H3,(H,36,39)(H,37,40)(H,38,41)/t19-,29?/m1/s1. The molecular formula is C32H29FN6O3. The number of hydrogen-bond acceptors (Lipinski definition) is 6. The Labute approximate surface area is 241 Å². The second kappa shape index (κ2) is 11.9. The molecule has 0 bridgehead atoms. The first kappa shape index (κ1) is 27.3. The molecule has 9 nitrogen and oxygen atoms in total. The van der Waals surface area contributed by atoms with Crippen molar-refractivity contribution < 1.29 is 18.7 Å². The molecule has 5 aromatic rings. The summed E-state index contributed by atoms with van der Waals surface area (Å²) in [5.74, 6) is -0.435. The normalized spacial score (nSPS) is 15.7. The van der Waals surface area contributed by atoms with Gasteiger partial charge in [-0.3, -0.25) is 14.6 Å². The number of hydrogen-bond donors (Lipinski definition) is 4. The Morgan fingerprint density at radius 2 is 1.81 bits per heavy atom. The number of halogens is 1. The number of benzene rings is 3. The van der Waals surface area contributed by atoms with Gasteiger partial charge in [0.15, 0.2) is 5.82 Å². The van der Waals surface area contributed by atoms with Crippen LogP contribution in [-0.2, 0) is 9.53 Å². The van der Waals surface area contributed by atoms with Gasteiger partial charge >= 0.3 is 0 Å². The summed E-state index contributed by atoms with van der Waals surface area (Å²) >= 11 is 0. The van der Waals surface area contributed by atoms with E-state index in [9.17, 15) is 14.0 Å². The lowest BCUT2D eigenvalue weighted by Gasteiger charge is -2.23. The molecule has 2 atom stereocenters. The number of aromatic amines is 1. The maximum absolute atomic E-state index is 13.4. The second-order valence-corrected chi connectivity index (χ2v) is 10.2. The highest BCUT2D eigenvalue weighted by Gasteiger charge is 2.23. The van der Waals surface area contributed by atoms with Crippen LogP contribution in [0.4, 0.5) is 10.1 Å². The Bertz CT molecular complexity index is 1750. The molecule has 6 rings (SSSR count). The molecular weight excluding hydrogens is 535 g/mol. The Morgan fingerprint density at radius 3 is 2.60 bits per heavy atom. The van der Waals surface area contributed by atoms with Crippen LogP contribution in [0.25, 0.3) is 33.5 Å².